The summed E-state index contributed by atoms with van der Waals surface area (Å²) in [5.74, 6) is 1.13. The normalized spacial score (nSPS) is 12.1. The van der Waals surface area contributed by atoms with E-state index in [2.05, 4.69) is 46.3 Å². The maximum Gasteiger partial charge on any atom is 0.109 e. The lowest BCUT2D eigenvalue weighted by Crippen LogP contribution is -2.13. The Bertz CT molecular complexity index is 271. The van der Waals surface area contributed by atoms with Crippen molar-refractivity contribution in [3.8, 4) is 0 Å². The molecule has 0 saturated heterocycles. The predicted molar refractivity (Wildman–Crippen MR) is 54.1 cm³/mol. The molecule has 1 rings (SSSR count). The van der Waals surface area contributed by atoms with Gasteiger partial charge in [-0.1, -0.05) is 20.8 Å². The standard InChI is InChI=1S/C9H15BrN2/c1-9(2,3)5-8-11-6-7(10)12(8)4/h6H,5H2,1-4H3. The summed E-state index contributed by atoms with van der Waals surface area (Å²) in [6.07, 6.45) is 2.86. The van der Waals surface area contributed by atoms with Crippen LogP contribution in [0.5, 0.6) is 0 Å². The van der Waals surface area contributed by atoms with E-state index < -0.39 is 0 Å². The fourth-order valence-corrected chi connectivity index (χ4v) is 1.37. The topological polar surface area (TPSA) is 17.8 Å². The van der Waals surface area contributed by atoms with Gasteiger partial charge in [-0.15, -0.1) is 0 Å². The van der Waals surface area contributed by atoms with Crippen molar-refractivity contribution in [1.82, 2.24) is 9.55 Å². The Morgan fingerprint density at radius 2 is 2.08 bits per heavy atom. The number of rotatable bonds is 1. The summed E-state index contributed by atoms with van der Waals surface area (Å²) in [5.41, 5.74) is 0.304. The van der Waals surface area contributed by atoms with Gasteiger partial charge in [-0.2, -0.15) is 0 Å². The Kier molecular flexibility index (Phi) is 2.61. The minimum absolute atomic E-state index is 0.304. The molecular weight excluding hydrogens is 216 g/mol. The molecule has 0 fully saturated rings. The maximum absolute atomic E-state index is 4.32. The van der Waals surface area contributed by atoms with Gasteiger partial charge < -0.3 is 4.57 Å². The number of hydrogen-bond donors (Lipinski definition) is 0. The molecule has 1 aromatic rings. The van der Waals surface area contributed by atoms with Crippen LogP contribution in [0.3, 0.4) is 0 Å². The largest absolute Gasteiger partial charge is 0.326 e. The van der Waals surface area contributed by atoms with Crippen molar-refractivity contribution in [2.75, 3.05) is 0 Å². The zero-order chi connectivity index (χ0) is 9.35. The van der Waals surface area contributed by atoms with Crippen LogP contribution in [0, 0.1) is 5.41 Å². The maximum atomic E-state index is 4.32. The van der Waals surface area contributed by atoms with E-state index in [0.717, 1.165) is 16.8 Å². The van der Waals surface area contributed by atoms with E-state index in [9.17, 15) is 0 Å². The summed E-state index contributed by atoms with van der Waals surface area (Å²) >= 11 is 3.42. The zero-order valence-electron chi connectivity index (χ0n) is 8.06. The van der Waals surface area contributed by atoms with Gasteiger partial charge in [-0.25, -0.2) is 4.98 Å². The van der Waals surface area contributed by atoms with Crippen molar-refractivity contribution in [2.24, 2.45) is 12.5 Å². The molecule has 0 aliphatic rings. The summed E-state index contributed by atoms with van der Waals surface area (Å²) in [4.78, 5) is 4.32. The fourth-order valence-electron chi connectivity index (χ4n) is 1.06. The lowest BCUT2D eigenvalue weighted by molar-refractivity contribution is 0.395. The molecule has 0 spiro atoms. The monoisotopic (exact) mass is 230 g/mol. The molecule has 0 atom stereocenters. The van der Waals surface area contributed by atoms with Crippen LogP contribution in [-0.4, -0.2) is 9.55 Å². The number of hydrogen-bond acceptors (Lipinski definition) is 1. The second kappa shape index (κ2) is 3.21. The summed E-state index contributed by atoms with van der Waals surface area (Å²) in [5, 5.41) is 0. The van der Waals surface area contributed by atoms with E-state index in [1.54, 1.807) is 0 Å². The lowest BCUT2D eigenvalue weighted by atomic mass is 9.92. The van der Waals surface area contributed by atoms with E-state index in [-0.39, 0.29) is 0 Å². The van der Waals surface area contributed by atoms with Crippen LogP contribution in [0.1, 0.15) is 26.6 Å². The molecule has 12 heavy (non-hydrogen) atoms. The van der Waals surface area contributed by atoms with E-state index in [4.69, 9.17) is 0 Å². The molecule has 1 aromatic heterocycles. The van der Waals surface area contributed by atoms with Gasteiger partial charge in [0.2, 0.25) is 0 Å². The number of halogens is 1. The second-order valence-electron chi connectivity index (χ2n) is 4.29. The molecule has 3 heteroatoms. The zero-order valence-corrected chi connectivity index (χ0v) is 9.64. The highest BCUT2D eigenvalue weighted by atomic mass is 79.9. The van der Waals surface area contributed by atoms with Crippen LogP contribution in [0.15, 0.2) is 10.8 Å². The molecule has 1 heterocycles. The number of imidazole rings is 1. The SMILES string of the molecule is Cn1c(Br)cnc1CC(C)(C)C. The van der Waals surface area contributed by atoms with Gasteiger partial charge in [0.1, 0.15) is 10.4 Å². The van der Waals surface area contributed by atoms with Crippen molar-refractivity contribution >= 4 is 15.9 Å². The van der Waals surface area contributed by atoms with Crippen molar-refractivity contribution < 1.29 is 0 Å². The minimum Gasteiger partial charge on any atom is -0.326 e. The first kappa shape index (κ1) is 9.78. The Morgan fingerprint density at radius 1 is 1.50 bits per heavy atom. The van der Waals surface area contributed by atoms with Crippen LogP contribution in [0.25, 0.3) is 0 Å². The lowest BCUT2D eigenvalue weighted by Gasteiger charge is -2.17. The first-order valence-corrected chi connectivity index (χ1v) is 4.85. The Hall–Kier alpha value is -0.310. The van der Waals surface area contributed by atoms with Gasteiger partial charge in [0.25, 0.3) is 0 Å². The molecule has 0 aliphatic carbocycles. The van der Waals surface area contributed by atoms with E-state index in [0.29, 0.717) is 5.41 Å². The summed E-state index contributed by atoms with van der Waals surface area (Å²) in [7, 11) is 2.03. The fraction of sp³-hybridized carbons (Fsp3) is 0.667. The minimum atomic E-state index is 0.304. The van der Waals surface area contributed by atoms with Crippen molar-refractivity contribution in [3.63, 3.8) is 0 Å². The van der Waals surface area contributed by atoms with Crippen LogP contribution in [0.2, 0.25) is 0 Å². The summed E-state index contributed by atoms with van der Waals surface area (Å²) in [6, 6.07) is 0. The highest BCUT2D eigenvalue weighted by Crippen LogP contribution is 2.21. The number of aromatic nitrogens is 2. The van der Waals surface area contributed by atoms with Crippen LogP contribution >= 0.6 is 15.9 Å². The first-order valence-electron chi connectivity index (χ1n) is 4.06. The quantitative estimate of drug-likeness (QED) is 0.726. The van der Waals surface area contributed by atoms with Gasteiger partial charge >= 0.3 is 0 Å². The average molecular weight is 231 g/mol. The second-order valence-corrected chi connectivity index (χ2v) is 5.11. The average Bonchev–Trinajstić information content (AvgIpc) is 2.16. The molecule has 0 N–H and O–H groups in total. The van der Waals surface area contributed by atoms with Gasteiger partial charge in [0.15, 0.2) is 0 Å². The van der Waals surface area contributed by atoms with Crippen LogP contribution < -0.4 is 0 Å². The first-order chi connectivity index (χ1) is 5.40. The highest BCUT2D eigenvalue weighted by molar-refractivity contribution is 9.10. The van der Waals surface area contributed by atoms with Gasteiger partial charge in [-0.05, 0) is 21.3 Å². The molecule has 0 bridgehead atoms. The number of nitrogens with zero attached hydrogens (tertiary/aromatic N) is 2. The molecule has 0 amide bonds. The summed E-state index contributed by atoms with van der Waals surface area (Å²) < 4.78 is 3.12. The predicted octanol–water partition coefficient (Wildman–Crippen LogP) is 2.77. The molecule has 68 valence electrons. The van der Waals surface area contributed by atoms with Gasteiger partial charge in [0, 0.05) is 13.5 Å². The Morgan fingerprint density at radius 3 is 2.42 bits per heavy atom. The van der Waals surface area contributed by atoms with Crippen LogP contribution in [-0.2, 0) is 13.5 Å². The van der Waals surface area contributed by atoms with E-state index >= 15 is 0 Å². The van der Waals surface area contributed by atoms with Crippen molar-refractivity contribution in [1.29, 1.82) is 0 Å². The van der Waals surface area contributed by atoms with Gasteiger partial charge in [-0.3, -0.25) is 0 Å². The highest BCUT2D eigenvalue weighted by Gasteiger charge is 2.15. The van der Waals surface area contributed by atoms with Crippen molar-refractivity contribution in [2.45, 2.75) is 27.2 Å². The van der Waals surface area contributed by atoms with Crippen LogP contribution in [0.4, 0.5) is 0 Å². The molecule has 0 saturated carbocycles. The Labute approximate surface area is 82.1 Å². The van der Waals surface area contributed by atoms with E-state index in [1.807, 2.05) is 13.2 Å². The summed E-state index contributed by atoms with van der Waals surface area (Å²) in [6.45, 7) is 6.65. The third-order valence-corrected chi connectivity index (χ3v) is 2.45. The molecule has 0 aromatic carbocycles. The third-order valence-electron chi connectivity index (χ3n) is 1.72. The smallest absolute Gasteiger partial charge is 0.109 e. The third kappa shape index (κ3) is 2.34. The molecule has 0 unspecified atom stereocenters. The van der Waals surface area contributed by atoms with E-state index in [1.165, 1.54) is 0 Å². The molecule has 2 nitrogen and oxygen atoms in total. The van der Waals surface area contributed by atoms with Gasteiger partial charge in [0.05, 0.1) is 6.20 Å². The molecular formula is C9H15BrN2. The molecule has 0 aliphatic heterocycles. The Balaban J connectivity index is 2.83. The molecule has 0 radical (unpaired) electrons. The van der Waals surface area contributed by atoms with Crippen molar-refractivity contribution in [3.05, 3.63) is 16.6 Å².